The molecule has 176 valence electrons. The SMILES string of the molecule is CCN(Cc1ccccc1)C(=O)Cn1c(SCc2cccc(C(F)(F)F)c2)nc2cccnc21. The number of likely N-dealkylation sites (N-methyl/N-ethyl adjacent to an activating group) is 1. The predicted octanol–water partition coefficient (Wildman–Crippen LogP) is 5.79. The van der Waals surface area contributed by atoms with E-state index >= 15 is 0 Å². The molecule has 2 heterocycles. The molecule has 0 aliphatic rings. The summed E-state index contributed by atoms with van der Waals surface area (Å²) in [6, 6.07) is 18.6. The zero-order chi connectivity index (χ0) is 24.1. The first-order valence-corrected chi connectivity index (χ1v) is 11.8. The monoisotopic (exact) mass is 484 g/mol. The lowest BCUT2D eigenvalue weighted by Crippen LogP contribution is -2.33. The molecule has 0 radical (unpaired) electrons. The zero-order valence-corrected chi connectivity index (χ0v) is 19.3. The highest BCUT2D eigenvalue weighted by atomic mass is 32.2. The van der Waals surface area contributed by atoms with E-state index in [9.17, 15) is 18.0 Å². The van der Waals surface area contributed by atoms with E-state index in [0.29, 0.717) is 35.0 Å². The van der Waals surface area contributed by atoms with Crippen LogP contribution in [-0.2, 0) is 29.8 Å². The van der Waals surface area contributed by atoms with Gasteiger partial charge >= 0.3 is 6.18 Å². The number of carbonyl (C=O) groups is 1. The van der Waals surface area contributed by atoms with Gasteiger partial charge in [0, 0.05) is 25.0 Å². The molecular formula is C25H23F3N4OS. The van der Waals surface area contributed by atoms with Gasteiger partial charge in [0.15, 0.2) is 10.8 Å². The van der Waals surface area contributed by atoms with Crippen LogP contribution in [0.25, 0.3) is 11.2 Å². The summed E-state index contributed by atoms with van der Waals surface area (Å²) in [5, 5.41) is 0.537. The molecule has 34 heavy (non-hydrogen) atoms. The van der Waals surface area contributed by atoms with Gasteiger partial charge in [-0.05, 0) is 36.2 Å². The number of hydrogen-bond donors (Lipinski definition) is 0. The number of imidazole rings is 1. The molecule has 0 bridgehead atoms. The van der Waals surface area contributed by atoms with Crippen molar-refractivity contribution in [1.29, 1.82) is 0 Å². The number of aromatic nitrogens is 3. The normalized spacial score (nSPS) is 11.6. The zero-order valence-electron chi connectivity index (χ0n) is 18.5. The molecule has 4 aromatic rings. The maximum atomic E-state index is 13.2. The van der Waals surface area contributed by atoms with E-state index < -0.39 is 11.7 Å². The van der Waals surface area contributed by atoms with Gasteiger partial charge in [0.25, 0.3) is 0 Å². The van der Waals surface area contributed by atoms with Gasteiger partial charge in [-0.1, -0.05) is 60.3 Å². The summed E-state index contributed by atoms with van der Waals surface area (Å²) < 4.78 is 40.9. The Morgan fingerprint density at radius 1 is 1.03 bits per heavy atom. The summed E-state index contributed by atoms with van der Waals surface area (Å²) in [5.41, 5.74) is 2.07. The number of thioether (sulfide) groups is 1. The van der Waals surface area contributed by atoms with Gasteiger partial charge in [-0.25, -0.2) is 9.97 Å². The van der Waals surface area contributed by atoms with Crippen molar-refractivity contribution in [2.45, 2.75) is 37.1 Å². The Bertz CT molecular complexity index is 1270. The van der Waals surface area contributed by atoms with Crippen molar-refractivity contribution in [3.8, 4) is 0 Å². The van der Waals surface area contributed by atoms with Crippen LogP contribution in [0, 0.1) is 0 Å². The largest absolute Gasteiger partial charge is 0.416 e. The smallest absolute Gasteiger partial charge is 0.337 e. The van der Waals surface area contributed by atoms with Crippen molar-refractivity contribution >= 4 is 28.8 Å². The fourth-order valence-corrected chi connectivity index (χ4v) is 4.54. The fraction of sp³-hybridized carbons (Fsp3) is 0.240. The Labute approximate surface area is 199 Å². The third-order valence-corrected chi connectivity index (χ3v) is 6.38. The lowest BCUT2D eigenvalue weighted by molar-refractivity contribution is -0.137. The molecule has 2 aromatic heterocycles. The van der Waals surface area contributed by atoms with E-state index in [1.54, 1.807) is 33.9 Å². The number of fused-ring (bicyclic) bond motifs is 1. The van der Waals surface area contributed by atoms with Crippen LogP contribution in [0.5, 0.6) is 0 Å². The van der Waals surface area contributed by atoms with E-state index in [4.69, 9.17) is 0 Å². The average molecular weight is 485 g/mol. The molecule has 0 aliphatic carbocycles. The number of hydrogen-bond acceptors (Lipinski definition) is 4. The maximum absolute atomic E-state index is 13.2. The number of nitrogens with zero attached hydrogens (tertiary/aromatic N) is 4. The Morgan fingerprint density at radius 3 is 2.53 bits per heavy atom. The number of benzene rings is 2. The van der Waals surface area contributed by atoms with Crippen LogP contribution in [-0.4, -0.2) is 31.9 Å². The standard InChI is InChI=1S/C25H23F3N4OS/c1-2-31(15-18-8-4-3-5-9-18)22(33)16-32-23-21(12-7-13-29-23)30-24(32)34-17-19-10-6-11-20(14-19)25(26,27)28/h3-14H,2,15-17H2,1H3. The van der Waals surface area contributed by atoms with Crippen molar-refractivity contribution in [3.63, 3.8) is 0 Å². The third-order valence-electron chi connectivity index (χ3n) is 5.34. The molecule has 0 fully saturated rings. The van der Waals surface area contributed by atoms with Crippen LogP contribution < -0.4 is 0 Å². The molecule has 9 heteroatoms. The first-order valence-electron chi connectivity index (χ1n) is 10.8. The van der Waals surface area contributed by atoms with Crippen molar-refractivity contribution in [2.75, 3.05) is 6.54 Å². The van der Waals surface area contributed by atoms with E-state index in [1.807, 2.05) is 37.3 Å². The van der Waals surface area contributed by atoms with Crippen LogP contribution in [0.4, 0.5) is 13.2 Å². The number of amides is 1. The Kier molecular flexibility index (Phi) is 7.21. The van der Waals surface area contributed by atoms with Gasteiger partial charge in [0.1, 0.15) is 12.1 Å². The minimum absolute atomic E-state index is 0.0408. The summed E-state index contributed by atoms with van der Waals surface area (Å²) in [6.07, 6.45) is -2.76. The number of carbonyl (C=O) groups excluding carboxylic acids is 1. The van der Waals surface area contributed by atoms with Crippen LogP contribution >= 0.6 is 11.8 Å². The Morgan fingerprint density at radius 2 is 1.79 bits per heavy atom. The molecule has 0 atom stereocenters. The summed E-state index contributed by atoms with van der Waals surface area (Å²) >= 11 is 1.28. The second kappa shape index (κ2) is 10.3. The van der Waals surface area contributed by atoms with E-state index in [0.717, 1.165) is 17.7 Å². The quantitative estimate of drug-likeness (QED) is 0.297. The molecular weight excluding hydrogens is 461 g/mol. The summed E-state index contributed by atoms with van der Waals surface area (Å²) in [7, 11) is 0. The lowest BCUT2D eigenvalue weighted by Gasteiger charge is -2.22. The van der Waals surface area contributed by atoms with E-state index in [-0.39, 0.29) is 18.2 Å². The van der Waals surface area contributed by atoms with Crippen LogP contribution in [0.2, 0.25) is 0 Å². The van der Waals surface area contributed by atoms with Crippen molar-refractivity contribution in [3.05, 3.63) is 89.6 Å². The third kappa shape index (κ3) is 5.59. The van der Waals surface area contributed by atoms with Gasteiger partial charge in [0.2, 0.25) is 5.91 Å². The summed E-state index contributed by atoms with van der Waals surface area (Å²) in [4.78, 5) is 23.9. The number of alkyl halides is 3. The highest BCUT2D eigenvalue weighted by molar-refractivity contribution is 7.98. The fourth-order valence-electron chi connectivity index (χ4n) is 3.59. The van der Waals surface area contributed by atoms with Crippen LogP contribution in [0.15, 0.2) is 78.1 Å². The molecule has 5 nitrogen and oxygen atoms in total. The molecule has 0 saturated heterocycles. The minimum atomic E-state index is -4.40. The molecule has 0 aliphatic heterocycles. The van der Waals surface area contributed by atoms with Crippen LogP contribution in [0.1, 0.15) is 23.6 Å². The van der Waals surface area contributed by atoms with Crippen LogP contribution in [0.3, 0.4) is 0 Å². The number of rotatable bonds is 8. The second-order valence-electron chi connectivity index (χ2n) is 7.71. The molecule has 0 spiro atoms. The number of halogens is 3. The van der Waals surface area contributed by atoms with Gasteiger partial charge in [-0.3, -0.25) is 9.36 Å². The van der Waals surface area contributed by atoms with Gasteiger partial charge < -0.3 is 4.90 Å². The molecule has 1 amide bonds. The maximum Gasteiger partial charge on any atom is 0.416 e. The number of pyridine rings is 1. The highest BCUT2D eigenvalue weighted by Crippen LogP contribution is 2.32. The van der Waals surface area contributed by atoms with E-state index in [1.165, 1.54) is 17.8 Å². The van der Waals surface area contributed by atoms with Crippen molar-refractivity contribution < 1.29 is 18.0 Å². The Balaban J connectivity index is 1.56. The summed E-state index contributed by atoms with van der Waals surface area (Å²) in [5.74, 6) is 0.195. The average Bonchev–Trinajstić information content (AvgIpc) is 3.18. The Hall–Kier alpha value is -3.33. The molecule has 2 aromatic carbocycles. The molecule has 0 N–H and O–H groups in total. The van der Waals surface area contributed by atoms with E-state index in [2.05, 4.69) is 9.97 Å². The molecule has 0 saturated carbocycles. The first-order chi connectivity index (χ1) is 16.3. The lowest BCUT2D eigenvalue weighted by atomic mass is 10.1. The first kappa shape index (κ1) is 23.8. The topological polar surface area (TPSA) is 51.0 Å². The second-order valence-corrected chi connectivity index (χ2v) is 8.65. The minimum Gasteiger partial charge on any atom is -0.337 e. The summed E-state index contributed by atoms with van der Waals surface area (Å²) in [6.45, 7) is 3.00. The van der Waals surface area contributed by atoms with Gasteiger partial charge in [-0.2, -0.15) is 13.2 Å². The van der Waals surface area contributed by atoms with Crippen molar-refractivity contribution in [2.24, 2.45) is 0 Å². The van der Waals surface area contributed by atoms with Crippen molar-refractivity contribution in [1.82, 2.24) is 19.4 Å². The molecule has 4 rings (SSSR count). The van der Waals surface area contributed by atoms with Gasteiger partial charge in [-0.15, -0.1) is 0 Å². The molecule has 0 unspecified atom stereocenters. The predicted molar refractivity (Wildman–Crippen MR) is 126 cm³/mol. The highest BCUT2D eigenvalue weighted by Gasteiger charge is 2.30. The van der Waals surface area contributed by atoms with Gasteiger partial charge in [0.05, 0.1) is 5.56 Å².